The van der Waals surface area contributed by atoms with Gasteiger partial charge in [0.05, 0.1) is 26.0 Å². The third-order valence-electron chi connectivity index (χ3n) is 2.23. The van der Waals surface area contributed by atoms with Gasteiger partial charge >= 0.3 is 0 Å². The molecule has 0 aromatic carbocycles. The Hall–Kier alpha value is -1.49. The summed E-state index contributed by atoms with van der Waals surface area (Å²) in [5.41, 5.74) is 6.15. The van der Waals surface area contributed by atoms with Crippen LogP contribution in [0, 0.1) is 0 Å². The predicted molar refractivity (Wildman–Crippen MR) is 55.1 cm³/mol. The van der Waals surface area contributed by atoms with Gasteiger partial charge in [0.15, 0.2) is 0 Å². The molecule has 2 rings (SSSR count). The second-order valence-electron chi connectivity index (χ2n) is 3.35. The highest BCUT2D eigenvalue weighted by Crippen LogP contribution is 2.23. The number of hydrogen-bond acceptors (Lipinski definition) is 5. The van der Waals surface area contributed by atoms with Gasteiger partial charge in [0.2, 0.25) is 11.8 Å². The molecule has 5 heteroatoms. The summed E-state index contributed by atoms with van der Waals surface area (Å²) < 4.78 is 15.8. The Balaban J connectivity index is 2.07. The lowest BCUT2D eigenvalue weighted by Gasteiger charge is -2.12. The van der Waals surface area contributed by atoms with E-state index in [9.17, 15) is 0 Å². The molecule has 0 spiro atoms. The molecule has 1 unspecified atom stereocenters. The number of nitrogens with zero attached hydrogens (tertiary/aromatic N) is 1. The lowest BCUT2D eigenvalue weighted by molar-refractivity contribution is 0.137. The van der Waals surface area contributed by atoms with Crippen molar-refractivity contribution < 1.29 is 14.2 Å². The first-order valence-corrected chi connectivity index (χ1v) is 4.84. The molecule has 0 radical (unpaired) electrons. The average molecular weight is 210 g/mol. The van der Waals surface area contributed by atoms with E-state index >= 15 is 0 Å². The lowest BCUT2D eigenvalue weighted by Crippen LogP contribution is -2.16. The molecule has 0 saturated carbocycles. The normalized spacial score (nSPS) is 20.2. The zero-order valence-electron chi connectivity index (χ0n) is 8.60. The molecule has 2 N–H and O–H groups in total. The van der Waals surface area contributed by atoms with Crippen LogP contribution in [0.2, 0.25) is 0 Å². The standard InChI is InChI=1S/C10H14N2O3/c1-13-10-8(11)2-3-9(12-10)15-7-4-5-14-6-7/h2-3,7H,4-6,11H2,1H3. The van der Waals surface area contributed by atoms with Crippen LogP contribution in [0.3, 0.4) is 0 Å². The van der Waals surface area contributed by atoms with E-state index in [-0.39, 0.29) is 6.10 Å². The third-order valence-corrected chi connectivity index (χ3v) is 2.23. The Bertz CT molecular complexity index is 337. The zero-order chi connectivity index (χ0) is 10.7. The van der Waals surface area contributed by atoms with Crippen LogP contribution in [0.25, 0.3) is 0 Å². The molecule has 1 aliphatic heterocycles. The second kappa shape index (κ2) is 4.35. The molecule has 5 nitrogen and oxygen atoms in total. The molecule has 1 atom stereocenters. The van der Waals surface area contributed by atoms with Gasteiger partial charge in [-0.15, -0.1) is 0 Å². The zero-order valence-corrected chi connectivity index (χ0v) is 8.60. The monoisotopic (exact) mass is 210 g/mol. The smallest absolute Gasteiger partial charge is 0.240 e. The van der Waals surface area contributed by atoms with E-state index in [4.69, 9.17) is 19.9 Å². The maximum Gasteiger partial charge on any atom is 0.240 e. The second-order valence-corrected chi connectivity index (χ2v) is 3.35. The molecule has 0 aliphatic carbocycles. The number of nitrogens with two attached hydrogens (primary N) is 1. The fourth-order valence-corrected chi connectivity index (χ4v) is 1.44. The highest BCUT2D eigenvalue weighted by atomic mass is 16.6. The predicted octanol–water partition coefficient (Wildman–Crippen LogP) is 0.840. The molecule has 0 bridgehead atoms. The number of hydrogen-bond donors (Lipinski definition) is 1. The van der Waals surface area contributed by atoms with Crippen molar-refractivity contribution in [3.63, 3.8) is 0 Å². The summed E-state index contributed by atoms with van der Waals surface area (Å²) in [5.74, 6) is 0.919. The van der Waals surface area contributed by atoms with Gasteiger partial charge < -0.3 is 19.9 Å². The molecule has 1 aliphatic rings. The summed E-state index contributed by atoms with van der Waals surface area (Å²) >= 11 is 0. The molecular weight excluding hydrogens is 196 g/mol. The lowest BCUT2D eigenvalue weighted by atomic mass is 10.3. The van der Waals surface area contributed by atoms with E-state index in [1.54, 1.807) is 12.1 Å². The number of methoxy groups -OCH3 is 1. The number of ether oxygens (including phenoxy) is 3. The van der Waals surface area contributed by atoms with Gasteiger partial charge in [0.1, 0.15) is 6.10 Å². The summed E-state index contributed by atoms with van der Waals surface area (Å²) in [6.45, 7) is 1.37. The van der Waals surface area contributed by atoms with E-state index in [0.29, 0.717) is 24.1 Å². The molecule has 1 aromatic rings. The van der Waals surface area contributed by atoms with Crippen molar-refractivity contribution in [2.45, 2.75) is 12.5 Å². The van der Waals surface area contributed by atoms with Gasteiger partial charge in [-0.1, -0.05) is 0 Å². The minimum atomic E-state index is 0.0887. The van der Waals surface area contributed by atoms with Crippen molar-refractivity contribution in [1.29, 1.82) is 0 Å². The van der Waals surface area contributed by atoms with E-state index in [1.165, 1.54) is 7.11 Å². The van der Waals surface area contributed by atoms with Gasteiger partial charge in [-0.25, -0.2) is 0 Å². The molecule has 1 saturated heterocycles. The van der Waals surface area contributed by atoms with Crippen LogP contribution >= 0.6 is 0 Å². The van der Waals surface area contributed by atoms with Crippen molar-refractivity contribution in [3.8, 4) is 11.8 Å². The summed E-state index contributed by atoms with van der Waals surface area (Å²) in [5, 5.41) is 0. The first kappa shape index (κ1) is 10.0. The Morgan fingerprint density at radius 1 is 1.53 bits per heavy atom. The van der Waals surface area contributed by atoms with Gasteiger partial charge in [-0.05, 0) is 6.07 Å². The van der Waals surface area contributed by atoms with Gasteiger partial charge in [-0.2, -0.15) is 4.98 Å². The highest BCUT2D eigenvalue weighted by molar-refractivity contribution is 5.49. The van der Waals surface area contributed by atoms with Crippen LogP contribution in [0.1, 0.15) is 6.42 Å². The number of pyridine rings is 1. The van der Waals surface area contributed by atoms with Crippen molar-refractivity contribution in [3.05, 3.63) is 12.1 Å². The van der Waals surface area contributed by atoms with Crippen molar-refractivity contribution in [2.75, 3.05) is 26.1 Å². The molecule has 1 aromatic heterocycles. The summed E-state index contributed by atoms with van der Waals surface area (Å²) in [7, 11) is 1.53. The van der Waals surface area contributed by atoms with E-state index in [0.717, 1.165) is 13.0 Å². The fraction of sp³-hybridized carbons (Fsp3) is 0.500. The van der Waals surface area contributed by atoms with Gasteiger partial charge in [0.25, 0.3) is 0 Å². The first-order chi connectivity index (χ1) is 7.29. The SMILES string of the molecule is COc1nc(OC2CCOC2)ccc1N. The van der Waals surface area contributed by atoms with Crippen molar-refractivity contribution in [2.24, 2.45) is 0 Å². The van der Waals surface area contributed by atoms with Crippen LogP contribution in [0.4, 0.5) is 5.69 Å². The van der Waals surface area contributed by atoms with E-state index in [1.807, 2.05) is 0 Å². The average Bonchev–Trinajstić information content (AvgIpc) is 2.73. The summed E-state index contributed by atoms with van der Waals surface area (Å²) in [6, 6.07) is 3.45. The largest absolute Gasteiger partial charge is 0.479 e. The number of aromatic nitrogens is 1. The maximum absolute atomic E-state index is 5.64. The quantitative estimate of drug-likeness (QED) is 0.800. The highest BCUT2D eigenvalue weighted by Gasteiger charge is 2.18. The molecule has 82 valence electrons. The van der Waals surface area contributed by atoms with Crippen molar-refractivity contribution in [1.82, 2.24) is 4.98 Å². The fourth-order valence-electron chi connectivity index (χ4n) is 1.44. The topological polar surface area (TPSA) is 66.6 Å². The number of rotatable bonds is 3. The summed E-state index contributed by atoms with van der Waals surface area (Å²) in [6.07, 6.45) is 0.986. The molecular formula is C10H14N2O3. The Labute approximate surface area is 88.2 Å². The van der Waals surface area contributed by atoms with Gasteiger partial charge in [0, 0.05) is 12.5 Å². The number of nitrogen functional groups attached to an aromatic ring is 1. The van der Waals surface area contributed by atoms with E-state index < -0.39 is 0 Å². The van der Waals surface area contributed by atoms with Crippen LogP contribution in [-0.2, 0) is 4.74 Å². The third kappa shape index (κ3) is 2.30. The Kier molecular flexibility index (Phi) is 2.91. The molecule has 2 heterocycles. The van der Waals surface area contributed by atoms with Crippen LogP contribution in [0.15, 0.2) is 12.1 Å². The summed E-state index contributed by atoms with van der Waals surface area (Å²) in [4.78, 5) is 4.13. The maximum atomic E-state index is 5.64. The molecule has 1 fully saturated rings. The van der Waals surface area contributed by atoms with Crippen molar-refractivity contribution >= 4 is 5.69 Å². The van der Waals surface area contributed by atoms with Gasteiger partial charge in [-0.3, -0.25) is 0 Å². The minimum absolute atomic E-state index is 0.0887. The minimum Gasteiger partial charge on any atom is -0.479 e. The molecule has 0 amide bonds. The Morgan fingerprint density at radius 2 is 2.40 bits per heavy atom. The van der Waals surface area contributed by atoms with Crippen LogP contribution in [0.5, 0.6) is 11.8 Å². The molecule has 15 heavy (non-hydrogen) atoms. The van der Waals surface area contributed by atoms with Crippen LogP contribution in [-0.4, -0.2) is 31.4 Å². The number of anilines is 1. The van der Waals surface area contributed by atoms with Crippen LogP contribution < -0.4 is 15.2 Å². The van der Waals surface area contributed by atoms with E-state index in [2.05, 4.69) is 4.98 Å². The Morgan fingerprint density at radius 3 is 3.07 bits per heavy atom. The first-order valence-electron chi connectivity index (χ1n) is 4.84.